The second-order valence-electron chi connectivity index (χ2n) is 2.26. The zero-order valence-corrected chi connectivity index (χ0v) is 9.51. The molecule has 0 radical (unpaired) electrons. The smallest absolute Gasteiger partial charge is 0.330 e. The Morgan fingerprint density at radius 2 is 1.82 bits per heavy atom. The van der Waals surface area contributed by atoms with E-state index >= 15 is 0 Å². The number of nitrogens with one attached hydrogen (secondary N) is 1. The highest BCUT2D eigenvalue weighted by molar-refractivity contribution is 7.64. The standard InChI is InChI=1S/C5H13Cl3N2Si/c6-11(7,8)5-4-10-3-1-2-9/h10H,1-5,9H2. The van der Waals surface area contributed by atoms with E-state index in [1.54, 1.807) is 0 Å². The van der Waals surface area contributed by atoms with Gasteiger partial charge in [0, 0.05) is 0 Å². The second-order valence-corrected chi connectivity index (χ2v) is 11.5. The summed E-state index contributed by atoms with van der Waals surface area (Å²) in [6.07, 6.45) is 0.974. The maximum atomic E-state index is 5.65. The number of halogens is 3. The fraction of sp³-hybridized carbons (Fsp3) is 1.00. The maximum absolute atomic E-state index is 5.65. The molecule has 0 aromatic heterocycles. The van der Waals surface area contributed by atoms with E-state index in [-0.39, 0.29) is 0 Å². The second kappa shape index (κ2) is 6.52. The van der Waals surface area contributed by atoms with Crippen LogP contribution in [0.1, 0.15) is 6.42 Å². The Labute approximate surface area is 82.5 Å². The zero-order chi connectivity index (χ0) is 8.74. The average molecular weight is 236 g/mol. The molecule has 0 aromatic carbocycles. The summed E-state index contributed by atoms with van der Waals surface area (Å²) in [6, 6.07) is -1.73. The molecule has 0 bridgehead atoms. The van der Waals surface area contributed by atoms with Crippen molar-refractivity contribution in [1.82, 2.24) is 5.32 Å². The van der Waals surface area contributed by atoms with Gasteiger partial charge >= 0.3 is 6.00 Å². The summed E-state index contributed by atoms with van der Waals surface area (Å²) in [7, 11) is 0. The molecule has 0 aliphatic heterocycles. The third kappa shape index (κ3) is 11.0. The van der Waals surface area contributed by atoms with Gasteiger partial charge in [0.25, 0.3) is 0 Å². The lowest BCUT2D eigenvalue weighted by Crippen LogP contribution is -2.24. The van der Waals surface area contributed by atoms with E-state index in [9.17, 15) is 0 Å². The summed E-state index contributed by atoms with van der Waals surface area (Å²) in [4.78, 5) is 0. The van der Waals surface area contributed by atoms with Crippen molar-refractivity contribution in [3.63, 3.8) is 0 Å². The summed E-state index contributed by atoms with van der Waals surface area (Å²) in [5.74, 6) is 0. The zero-order valence-electron chi connectivity index (χ0n) is 6.25. The van der Waals surface area contributed by atoms with Crippen LogP contribution in [0, 0.1) is 0 Å². The Morgan fingerprint density at radius 1 is 1.18 bits per heavy atom. The van der Waals surface area contributed by atoms with E-state index in [1.165, 1.54) is 0 Å². The van der Waals surface area contributed by atoms with Crippen molar-refractivity contribution in [2.75, 3.05) is 19.6 Å². The normalized spacial score (nSPS) is 12.0. The molecule has 0 saturated carbocycles. The first kappa shape index (κ1) is 12.0. The van der Waals surface area contributed by atoms with Gasteiger partial charge < -0.3 is 11.1 Å². The van der Waals surface area contributed by atoms with E-state index in [1.807, 2.05) is 0 Å². The molecule has 0 atom stereocenters. The van der Waals surface area contributed by atoms with Crippen molar-refractivity contribution in [1.29, 1.82) is 0 Å². The molecule has 0 rings (SSSR count). The fourth-order valence-electron chi connectivity index (χ4n) is 0.582. The molecule has 0 spiro atoms. The van der Waals surface area contributed by atoms with Crippen LogP contribution < -0.4 is 11.1 Å². The third-order valence-electron chi connectivity index (χ3n) is 1.14. The van der Waals surface area contributed by atoms with Crippen LogP contribution in [0.4, 0.5) is 0 Å². The number of hydrogen-bond donors (Lipinski definition) is 2. The van der Waals surface area contributed by atoms with Gasteiger partial charge in [-0.3, -0.25) is 0 Å². The van der Waals surface area contributed by atoms with Gasteiger partial charge in [0.15, 0.2) is 0 Å². The number of nitrogens with two attached hydrogens (primary N) is 1. The summed E-state index contributed by atoms with van der Waals surface area (Å²) < 4.78 is 0. The molecule has 3 N–H and O–H groups in total. The van der Waals surface area contributed by atoms with Crippen LogP contribution in [0.25, 0.3) is 0 Å². The van der Waals surface area contributed by atoms with Gasteiger partial charge in [-0.25, -0.2) is 0 Å². The Kier molecular flexibility index (Phi) is 7.11. The Balaban J connectivity index is 3.02. The Bertz CT molecular complexity index is 96.2. The van der Waals surface area contributed by atoms with Gasteiger partial charge in [-0.05, 0) is 32.1 Å². The summed E-state index contributed by atoms with van der Waals surface area (Å²) in [5, 5.41) is 3.14. The van der Waals surface area contributed by atoms with Crippen LogP contribution >= 0.6 is 33.2 Å². The molecule has 2 nitrogen and oxygen atoms in total. The van der Waals surface area contributed by atoms with Crippen LogP contribution in [-0.4, -0.2) is 25.6 Å². The lowest BCUT2D eigenvalue weighted by Gasteiger charge is -2.07. The van der Waals surface area contributed by atoms with Crippen molar-refractivity contribution in [3.05, 3.63) is 0 Å². The maximum Gasteiger partial charge on any atom is 0.342 e. The molecule has 0 aromatic rings. The first-order chi connectivity index (χ1) is 5.06. The molecule has 0 amide bonds. The Hall–Kier alpha value is 1.01. The largest absolute Gasteiger partial charge is 0.342 e. The van der Waals surface area contributed by atoms with Crippen molar-refractivity contribution < 1.29 is 0 Å². The van der Waals surface area contributed by atoms with Crippen LogP contribution in [0.2, 0.25) is 6.04 Å². The van der Waals surface area contributed by atoms with Gasteiger partial charge in [0.05, 0.1) is 0 Å². The molecule has 0 fully saturated rings. The first-order valence-corrected chi connectivity index (χ1v) is 8.78. The van der Waals surface area contributed by atoms with Gasteiger partial charge in [0.1, 0.15) is 0 Å². The third-order valence-corrected chi connectivity index (χ3v) is 3.66. The highest BCUT2D eigenvalue weighted by Gasteiger charge is 2.23. The van der Waals surface area contributed by atoms with E-state index in [4.69, 9.17) is 39.0 Å². The molecule has 6 heteroatoms. The molecule has 0 aliphatic carbocycles. The van der Waals surface area contributed by atoms with Gasteiger partial charge in [0.2, 0.25) is 0 Å². The number of hydrogen-bond acceptors (Lipinski definition) is 2. The van der Waals surface area contributed by atoms with E-state index in [2.05, 4.69) is 5.32 Å². The van der Waals surface area contributed by atoms with Crippen molar-refractivity contribution >= 4 is 39.2 Å². The predicted octanol–water partition coefficient (Wildman–Crippen LogP) is 1.58. The van der Waals surface area contributed by atoms with Gasteiger partial charge in [-0.15, -0.1) is 33.2 Å². The average Bonchev–Trinajstić information content (AvgIpc) is 1.85. The van der Waals surface area contributed by atoms with Crippen LogP contribution in [0.5, 0.6) is 0 Å². The SMILES string of the molecule is NCCCNCC[Si](Cl)(Cl)Cl. The van der Waals surface area contributed by atoms with E-state index < -0.39 is 6.00 Å². The lowest BCUT2D eigenvalue weighted by atomic mass is 10.4. The molecular formula is C5H13Cl3N2Si. The van der Waals surface area contributed by atoms with Crippen LogP contribution in [0.3, 0.4) is 0 Å². The molecule has 0 unspecified atom stereocenters. The lowest BCUT2D eigenvalue weighted by molar-refractivity contribution is 0.678. The van der Waals surface area contributed by atoms with Gasteiger partial charge in [-0.2, -0.15) is 0 Å². The minimum Gasteiger partial charge on any atom is -0.330 e. The van der Waals surface area contributed by atoms with Gasteiger partial charge in [-0.1, -0.05) is 0 Å². The topological polar surface area (TPSA) is 38.0 Å². The van der Waals surface area contributed by atoms with Crippen LogP contribution in [0.15, 0.2) is 0 Å². The van der Waals surface area contributed by atoms with Crippen molar-refractivity contribution in [2.24, 2.45) is 5.73 Å². The summed E-state index contributed by atoms with van der Waals surface area (Å²) in [5.41, 5.74) is 5.29. The Morgan fingerprint density at radius 3 is 2.27 bits per heavy atom. The molecule has 11 heavy (non-hydrogen) atoms. The van der Waals surface area contributed by atoms with E-state index in [0.29, 0.717) is 12.6 Å². The molecule has 0 saturated heterocycles. The predicted molar refractivity (Wildman–Crippen MR) is 54.7 cm³/mol. The molecular weight excluding hydrogens is 223 g/mol. The highest BCUT2D eigenvalue weighted by atomic mass is 35.8. The first-order valence-electron chi connectivity index (χ1n) is 3.54. The van der Waals surface area contributed by atoms with Crippen LogP contribution in [-0.2, 0) is 0 Å². The minimum absolute atomic E-state index is 0.669. The molecule has 0 heterocycles. The quantitative estimate of drug-likeness (QED) is 0.417. The fourth-order valence-corrected chi connectivity index (χ4v) is 1.89. The van der Waals surface area contributed by atoms with Crippen molar-refractivity contribution in [2.45, 2.75) is 12.5 Å². The minimum atomic E-state index is -2.39. The van der Waals surface area contributed by atoms with E-state index in [0.717, 1.165) is 19.5 Å². The highest BCUT2D eigenvalue weighted by Crippen LogP contribution is 2.23. The summed E-state index contributed by atoms with van der Waals surface area (Å²) >= 11 is 17.0. The summed E-state index contributed by atoms with van der Waals surface area (Å²) in [6.45, 7) is 2.40. The van der Waals surface area contributed by atoms with Crippen molar-refractivity contribution in [3.8, 4) is 0 Å². The monoisotopic (exact) mass is 234 g/mol. The number of rotatable bonds is 6. The molecule has 0 aliphatic rings. The molecule has 68 valence electrons.